The van der Waals surface area contributed by atoms with Gasteiger partial charge in [-0.3, -0.25) is 0 Å². The standard InChI is InChI=1S/C7H9F3O3SSi/c1-11-15(12-2,13-3)7-5(9)4(8)6(10)14-7/h1-3H3. The molecule has 1 heterocycles. The van der Waals surface area contributed by atoms with E-state index in [4.69, 9.17) is 13.3 Å². The van der Waals surface area contributed by atoms with E-state index in [0.717, 1.165) is 0 Å². The van der Waals surface area contributed by atoms with Gasteiger partial charge in [0.2, 0.25) is 10.9 Å². The molecule has 0 spiro atoms. The topological polar surface area (TPSA) is 27.7 Å². The van der Waals surface area contributed by atoms with Crippen molar-refractivity contribution in [2.45, 2.75) is 0 Å². The van der Waals surface area contributed by atoms with Crippen molar-refractivity contribution >= 4 is 24.6 Å². The van der Waals surface area contributed by atoms with Crippen LogP contribution in [0, 0.1) is 16.8 Å². The minimum Gasteiger partial charge on any atom is -0.373 e. The van der Waals surface area contributed by atoms with E-state index in [9.17, 15) is 13.2 Å². The molecule has 0 saturated heterocycles. The number of thiophene rings is 1. The van der Waals surface area contributed by atoms with Crippen LogP contribution in [-0.4, -0.2) is 30.1 Å². The van der Waals surface area contributed by atoms with Gasteiger partial charge in [0.1, 0.15) is 4.50 Å². The lowest BCUT2D eigenvalue weighted by atomic mass is 10.6. The van der Waals surface area contributed by atoms with Gasteiger partial charge in [-0.2, -0.15) is 8.78 Å². The average molecular weight is 258 g/mol. The Bertz CT molecular complexity index is 345. The summed E-state index contributed by atoms with van der Waals surface area (Å²) >= 11 is 0.292. The van der Waals surface area contributed by atoms with Crippen LogP contribution in [0.1, 0.15) is 0 Å². The Kier molecular flexibility index (Phi) is 3.90. The molecule has 1 rings (SSSR count). The van der Waals surface area contributed by atoms with Gasteiger partial charge in [-0.15, -0.1) is 11.3 Å². The molecule has 0 atom stereocenters. The number of hydrogen-bond donors (Lipinski definition) is 0. The summed E-state index contributed by atoms with van der Waals surface area (Å²) in [5.41, 5.74) is 0. The average Bonchev–Trinajstić information content (AvgIpc) is 2.51. The monoisotopic (exact) mass is 258 g/mol. The first-order valence-corrected chi connectivity index (χ1v) is 6.35. The molecular formula is C7H9F3O3SSi. The molecule has 0 aromatic carbocycles. The van der Waals surface area contributed by atoms with E-state index in [1.165, 1.54) is 21.3 Å². The summed E-state index contributed by atoms with van der Waals surface area (Å²) in [4.78, 5) is 0. The number of hydrogen-bond acceptors (Lipinski definition) is 4. The molecule has 0 saturated carbocycles. The van der Waals surface area contributed by atoms with Crippen molar-refractivity contribution in [2.75, 3.05) is 21.3 Å². The highest BCUT2D eigenvalue weighted by molar-refractivity contribution is 7.23. The lowest BCUT2D eigenvalue weighted by Gasteiger charge is -2.22. The first-order chi connectivity index (χ1) is 7.02. The van der Waals surface area contributed by atoms with E-state index >= 15 is 0 Å². The van der Waals surface area contributed by atoms with Gasteiger partial charge in [0.05, 0.1) is 0 Å². The highest BCUT2D eigenvalue weighted by Crippen LogP contribution is 2.21. The molecule has 0 amide bonds. The summed E-state index contributed by atoms with van der Waals surface area (Å²) < 4.78 is 53.3. The van der Waals surface area contributed by atoms with Crippen LogP contribution >= 0.6 is 11.3 Å². The van der Waals surface area contributed by atoms with Crippen LogP contribution in [0.2, 0.25) is 0 Å². The molecule has 0 fully saturated rings. The van der Waals surface area contributed by atoms with Gasteiger partial charge in [-0.1, -0.05) is 0 Å². The quantitative estimate of drug-likeness (QED) is 0.761. The molecule has 0 unspecified atom stereocenters. The third-order valence-corrected chi connectivity index (χ3v) is 6.03. The van der Waals surface area contributed by atoms with E-state index < -0.39 is 25.6 Å². The second kappa shape index (κ2) is 4.62. The zero-order valence-corrected chi connectivity index (χ0v) is 10.1. The van der Waals surface area contributed by atoms with Gasteiger partial charge in [-0.05, 0) is 0 Å². The first-order valence-electron chi connectivity index (χ1n) is 3.81. The van der Waals surface area contributed by atoms with Crippen molar-refractivity contribution in [2.24, 2.45) is 0 Å². The predicted octanol–water partition coefficient (Wildman–Crippen LogP) is 1.25. The fourth-order valence-electron chi connectivity index (χ4n) is 1.09. The number of rotatable bonds is 4. The Morgan fingerprint density at radius 3 is 1.67 bits per heavy atom. The normalized spacial score (nSPS) is 12.1. The summed E-state index contributed by atoms with van der Waals surface area (Å²) in [5, 5.41) is -1.24. The SMILES string of the molecule is CO[Si](OC)(OC)c1sc(F)c(F)c1F. The van der Waals surface area contributed by atoms with Crippen molar-refractivity contribution in [3.63, 3.8) is 0 Å². The predicted molar refractivity (Wildman–Crippen MR) is 50.6 cm³/mol. The largest absolute Gasteiger partial charge is 0.550 e. The van der Waals surface area contributed by atoms with Crippen LogP contribution in [0.3, 0.4) is 0 Å². The maximum Gasteiger partial charge on any atom is 0.550 e. The van der Waals surface area contributed by atoms with Crippen LogP contribution in [0.25, 0.3) is 0 Å². The van der Waals surface area contributed by atoms with Gasteiger partial charge < -0.3 is 13.3 Å². The molecule has 0 aliphatic rings. The van der Waals surface area contributed by atoms with Crippen LogP contribution < -0.4 is 4.50 Å². The van der Waals surface area contributed by atoms with Crippen LogP contribution in [0.15, 0.2) is 0 Å². The molecule has 0 N–H and O–H groups in total. The maximum atomic E-state index is 13.3. The molecule has 15 heavy (non-hydrogen) atoms. The van der Waals surface area contributed by atoms with Gasteiger partial charge in [0, 0.05) is 21.3 Å². The highest BCUT2D eigenvalue weighted by atomic mass is 32.1. The Hall–Kier alpha value is -0.413. The van der Waals surface area contributed by atoms with Gasteiger partial charge in [0.25, 0.3) is 0 Å². The molecule has 86 valence electrons. The third kappa shape index (κ3) is 1.95. The highest BCUT2D eigenvalue weighted by Gasteiger charge is 2.47. The molecule has 0 radical (unpaired) electrons. The summed E-state index contributed by atoms with van der Waals surface area (Å²) in [6.07, 6.45) is 0. The Morgan fingerprint density at radius 2 is 1.40 bits per heavy atom. The third-order valence-electron chi connectivity index (χ3n) is 1.84. The second-order valence-electron chi connectivity index (χ2n) is 2.50. The summed E-state index contributed by atoms with van der Waals surface area (Å²) in [5.74, 6) is -2.84. The van der Waals surface area contributed by atoms with Gasteiger partial charge in [0.15, 0.2) is 5.82 Å². The molecule has 1 aromatic heterocycles. The van der Waals surface area contributed by atoms with Crippen molar-refractivity contribution in [1.82, 2.24) is 0 Å². The molecule has 3 nitrogen and oxygen atoms in total. The minimum atomic E-state index is -3.49. The van der Waals surface area contributed by atoms with Crippen LogP contribution in [0.5, 0.6) is 0 Å². The van der Waals surface area contributed by atoms with Crippen LogP contribution in [0.4, 0.5) is 13.2 Å². The Morgan fingerprint density at radius 1 is 0.933 bits per heavy atom. The Balaban J connectivity index is 3.29. The fraction of sp³-hybridized carbons (Fsp3) is 0.429. The van der Waals surface area contributed by atoms with Crippen molar-refractivity contribution in [3.05, 3.63) is 16.8 Å². The van der Waals surface area contributed by atoms with Crippen LogP contribution in [-0.2, 0) is 13.3 Å². The smallest absolute Gasteiger partial charge is 0.373 e. The van der Waals surface area contributed by atoms with E-state index in [1.54, 1.807) is 0 Å². The molecule has 0 aliphatic carbocycles. The lowest BCUT2D eigenvalue weighted by Crippen LogP contribution is -2.54. The van der Waals surface area contributed by atoms with E-state index in [2.05, 4.69) is 0 Å². The summed E-state index contributed by atoms with van der Waals surface area (Å²) in [6.45, 7) is 0. The van der Waals surface area contributed by atoms with Gasteiger partial charge >= 0.3 is 8.80 Å². The second-order valence-corrected chi connectivity index (χ2v) is 6.67. The van der Waals surface area contributed by atoms with Crippen molar-refractivity contribution in [1.29, 1.82) is 0 Å². The lowest BCUT2D eigenvalue weighted by molar-refractivity contribution is 0.140. The zero-order valence-electron chi connectivity index (χ0n) is 8.27. The molecular weight excluding hydrogens is 249 g/mol. The minimum absolute atomic E-state index is 0.292. The fourth-order valence-corrected chi connectivity index (χ4v) is 4.58. The summed E-state index contributed by atoms with van der Waals surface area (Å²) in [6, 6.07) is 0. The maximum absolute atomic E-state index is 13.3. The van der Waals surface area contributed by atoms with Crippen molar-refractivity contribution in [3.8, 4) is 0 Å². The van der Waals surface area contributed by atoms with E-state index in [1.807, 2.05) is 0 Å². The van der Waals surface area contributed by atoms with E-state index in [0.29, 0.717) is 11.3 Å². The number of halogens is 3. The first kappa shape index (κ1) is 12.7. The molecule has 8 heteroatoms. The van der Waals surface area contributed by atoms with E-state index in [-0.39, 0.29) is 4.50 Å². The van der Waals surface area contributed by atoms with Gasteiger partial charge in [-0.25, -0.2) is 4.39 Å². The zero-order chi connectivity index (χ0) is 11.6. The molecule has 0 bridgehead atoms. The molecule has 0 aliphatic heterocycles. The van der Waals surface area contributed by atoms with Crippen molar-refractivity contribution < 1.29 is 26.4 Å². The summed E-state index contributed by atoms with van der Waals surface area (Å²) in [7, 11) is 0.206. The molecule has 1 aromatic rings. The Labute approximate surface area is 89.8 Å².